The molecule has 0 unspecified atom stereocenters. The first-order valence-electron chi connectivity index (χ1n) is 4.16. The predicted molar refractivity (Wildman–Crippen MR) is 52.1 cm³/mol. The molecule has 0 spiro atoms. The SMILES string of the molecule is C[CH](C)[Al+][CH2]c1ccccc1.[H-]. The van der Waals surface area contributed by atoms with Crippen molar-refractivity contribution >= 4 is 15.2 Å². The molecule has 1 aromatic carbocycles. The molecule has 0 N–H and O–H groups in total. The van der Waals surface area contributed by atoms with E-state index in [9.17, 15) is 0 Å². The third-order valence-corrected chi connectivity index (χ3v) is 3.32. The van der Waals surface area contributed by atoms with Crippen LogP contribution in [0, 0.1) is 0 Å². The Morgan fingerprint density at radius 2 is 1.91 bits per heavy atom. The number of rotatable bonds is 3. The van der Waals surface area contributed by atoms with Crippen molar-refractivity contribution in [1.29, 1.82) is 0 Å². The summed E-state index contributed by atoms with van der Waals surface area (Å²) in [6.07, 6.45) is 0. The third-order valence-electron chi connectivity index (χ3n) is 1.67. The zero-order valence-corrected chi connectivity index (χ0v) is 8.40. The molecule has 0 aliphatic heterocycles. The van der Waals surface area contributed by atoms with Gasteiger partial charge in [0.25, 0.3) is 0 Å². The van der Waals surface area contributed by atoms with Crippen molar-refractivity contribution in [3.05, 3.63) is 35.9 Å². The molecule has 1 heteroatoms. The van der Waals surface area contributed by atoms with Crippen LogP contribution in [0.3, 0.4) is 0 Å². The first kappa shape index (κ1) is 8.85. The molecule has 0 saturated heterocycles. The molecule has 0 saturated carbocycles. The van der Waals surface area contributed by atoms with Gasteiger partial charge in [-0.25, -0.2) is 0 Å². The molecule has 0 radical (unpaired) electrons. The number of benzene rings is 1. The van der Waals surface area contributed by atoms with Crippen molar-refractivity contribution in [2.45, 2.75) is 23.9 Å². The fourth-order valence-corrected chi connectivity index (χ4v) is 2.00. The zero-order valence-electron chi connectivity index (χ0n) is 8.25. The van der Waals surface area contributed by atoms with Gasteiger partial charge in [-0.05, 0) is 0 Å². The van der Waals surface area contributed by atoms with E-state index in [2.05, 4.69) is 44.2 Å². The Labute approximate surface area is 76.8 Å². The van der Waals surface area contributed by atoms with Crippen molar-refractivity contribution in [3.63, 3.8) is 0 Å². The molecule has 0 aliphatic carbocycles. The van der Waals surface area contributed by atoms with Gasteiger partial charge in [-0.2, -0.15) is 0 Å². The molecule has 0 aliphatic rings. The summed E-state index contributed by atoms with van der Waals surface area (Å²) >= 11 is 0.607. The Bertz CT molecular complexity index is 196. The van der Waals surface area contributed by atoms with Crippen LogP contribution in [0.1, 0.15) is 20.8 Å². The van der Waals surface area contributed by atoms with Crippen LogP contribution in [0.15, 0.2) is 30.3 Å². The summed E-state index contributed by atoms with van der Waals surface area (Å²) in [5.41, 5.74) is 1.50. The Kier molecular flexibility index (Phi) is 3.69. The van der Waals surface area contributed by atoms with Gasteiger partial charge in [-0.1, -0.05) is 0 Å². The van der Waals surface area contributed by atoms with Gasteiger partial charge in [0, 0.05) is 0 Å². The van der Waals surface area contributed by atoms with E-state index in [-0.39, 0.29) is 1.43 Å². The molecule has 0 heterocycles. The average molecular weight is 162 g/mol. The van der Waals surface area contributed by atoms with Crippen molar-refractivity contribution in [1.82, 2.24) is 0 Å². The topological polar surface area (TPSA) is 0 Å². The van der Waals surface area contributed by atoms with E-state index < -0.39 is 0 Å². The molecule has 0 aromatic heterocycles. The van der Waals surface area contributed by atoms with Crippen molar-refractivity contribution < 1.29 is 1.43 Å². The van der Waals surface area contributed by atoms with E-state index in [4.69, 9.17) is 0 Å². The summed E-state index contributed by atoms with van der Waals surface area (Å²) in [5, 5.41) is 1.30. The molecule has 1 aromatic rings. The number of hydrogen-bond donors (Lipinski definition) is 0. The maximum absolute atomic E-state index is 2.30. The van der Waals surface area contributed by atoms with Gasteiger partial charge in [0.15, 0.2) is 0 Å². The second-order valence-electron chi connectivity index (χ2n) is 3.17. The van der Waals surface area contributed by atoms with Gasteiger partial charge in [0.2, 0.25) is 0 Å². The molecule has 1 rings (SSSR count). The Morgan fingerprint density at radius 3 is 2.45 bits per heavy atom. The standard InChI is InChI=1S/C7H7.C3H7.Al.H/c1-7-5-3-2-4-6-7;1-3-2;;/h2-6H,1H2;3H,1-2H3;;/q;;+1;-1. The zero-order chi connectivity index (χ0) is 8.10. The van der Waals surface area contributed by atoms with Gasteiger partial charge in [0.1, 0.15) is 0 Å². The van der Waals surface area contributed by atoms with Crippen LogP contribution in [0.4, 0.5) is 0 Å². The van der Waals surface area contributed by atoms with Crippen LogP contribution in [0.25, 0.3) is 0 Å². The maximum atomic E-state index is 2.30. The average Bonchev–Trinajstić information content (AvgIpc) is 2.03. The Hall–Kier alpha value is -0.248. The number of hydrogen-bond acceptors (Lipinski definition) is 0. The molecule has 0 amide bonds. The monoisotopic (exact) mass is 162 g/mol. The summed E-state index contributed by atoms with van der Waals surface area (Å²) in [5.74, 6) is 0. The Morgan fingerprint density at radius 1 is 1.27 bits per heavy atom. The normalized spacial score (nSPS) is 9.73. The minimum absolute atomic E-state index is 0. The van der Waals surface area contributed by atoms with Crippen LogP contribution < -0.4 is 0 Å². The molecular weight excluding hydrogens is 147 g/mol. The molecule has 0 fully saturated rings. The van der Waals surface area contributed by atoms with Crippen LogP contribution in [0.5, 0.6) is 0 Å². The predicted octanol–water partition coefficient (Wildman–Crippen LogP) is 2.83. The van der Waals surface area contributed by atoms with Gasteiger partial charge >= 0.3 is 75.0 Å². The van der Waals surface area contributed by atoms with E-state index in [0.717, 1.165) is 4.78 Å². The smallest absolute Gasteiger partial charge is 1.00 e. The second kappa shape index (κ2) is 4.59. The van der Waals surface area contributed by atoms with Gasteiger partial charge in [-0.3, -0.25) is 0 Å². The van der Waals surface area contributed by atoms with Gasteiger partial charge in [-0.15, -0.1) is 0 Å². The van der Waals surface area contributed by atoms with Crippen LogP contribution >= 0.6 is 0 Å². The van der Waals surface area contributed by atoms with E-state index in [1.807, 2.05) is 0 Å². The molecule has 0 bridgehead atoms. The van der Waals surface area contributed by atoms with Crippen LogP contribution in [0.2, 0.25) is 4.78 Å². The summed E-state index contributed by atoms with van der Waals surface area (Å²) in [6.45, 7) is 4.61. The second-order valence-corrected chi connectivity index (χ2v) is 5.38. The fraction of sp³-hybridized carbons (Fsp3) is 0.400. The van der Waals surface area contributed by atoms with E-state index in [0.29, 0.717) is 15.2 Å². The van der Waals surface area contributed by atoms with Gasteiger partial charge < -0.3 is 1.43 Å². The summed E-state index contributed by atoms with van der Waals surface area (Å²) < 4.78 is 0.898. The van der Waals surface area contributed by atoms with Crippen LogP contribution in [-0.4, -0.2) is 15.2 Å². The Balaban J connectivity index is 0.00000121. The molecule has 0 atom stereocenters. The van der Waals surface area contributed by atoms with E-state index in [1.165, 1.54) is 10.8 Å². The summed E-state index contributed by atoms with van der Waals surface area (Å²) in [6, 6.07) is 10.8. The minimum Gasteiger partial charge on any atom is -1.00 e. The minimum atomic E-state index is 0. The third kappa shape index (κ3) is 3.60. The summed E-state index contributed by atoms with van der Waals surface area (Å²) in [7, 11) is 0. The van der Waals surface area contributed by atoms with E-state index in [1.54, 1.807) is 0 Å². The summed E-state index contributed by atoms with van der Waals surface area (Å²) in [4.78, 5) is 0. The molecule has 58 valence electrons. The first-order valence-corrected chi connectivity index (χ1v) is 5.64. The first-order chi connectivity index (χ1) is 5.29. The molecule has 0 nitrogen and oxygen atoms in total. The van der Waals surface area contributed by atoms with Crippen LogP contribution in [-0.2, 0) is 5.28 Å². The molecule has 11 heavy (non-hydrogen) atoms. The quantitative estimate of drug-likeness (QED) is 0.599. The fourth-order valence-electron chi connectivity index (χ4n) is 0.986. The maximum Gasteiger partial charge on any atom is -1.00 e. The van der Waals surface area contributed by atoms with Crippen molar-refractivity contribution in [2.75, 3.05) is 0 Å². The van der Waals surface area contributed by atoms with E-state index >= 15 is 0 Å². The van der Waals surface area contributed by atoms with Crippen molar-refractivity contribution in [3.8, 4) is 0 Å². The molecular formula is C10H15Al. The van der Waals surface area contributed by atoms with Crippen molar-refractivity contribution in [2.24, 2.45) is 0 Å². The van der Waals surface area contributed by atoms with Gasteiger partial charge in [0.05, 0.1) is 0 Å². The largest absolute Gasteiger partial charge is 1.00 e.